The molecule has 0 N–H and O–H groups in total. The SMILES string of the molecule is CCn1cc(CN2CCN(C(=O)Cn3cc(Cl)cn3)CC2)c(C)n1. The Morgan fingerprint density at radius 3 is 2.54 bits per heavy atom. The summed E-state index contributed by atoms with van der Waals surface area (Å²) in [6.45, 7) is 9.41. The molecule has 1 fully saturated rings. The first-order valence-electron chi connectivity index (χ1n) is 8.26. The van der Waals surface area contributed by atoms with Gasteiger partial charge in [0.15, 0.2) is 0 Å². The summed E-state index contributed by atoms with van der Waals surface area (Å²) < 4.78 is 3.55. The number of carbonyl (C=O) groups excluding carboxylic acids is 1. The number of nitrogens with zero attached hydrogens (tertiary/aromatic N) is 6. The van der Waals surface area contributed by atoms with Gasteiger partial charge in [-0.1, -0.05) is 11.6 Å². The van der Waals surface area contributed by atoms with E-state index in [9.17, 15) is 4.79 Å². The van der Waals surface area contributed by atoms with Crippen LogP contribution in [0.15, 0.2) is 18.6 Å². The van der Waals surface area contributed by atoms with E-state index in [0.29, 0.717) is 5.02 Å². The van der Waals surface area contributed by atoms with Crippen LogP contribution in [-0.2, 0) is 24.4 Å². The summed E-state index contributed by atoms with van der Waals surface area (Å²) in [7, 11) is 0. The maximum atomic E-state index is 12.3. The van der Waals surface area contributed by atoms with Crippen LogP contribution < -0.4 is 0 Å². The van der Waals surface area contributed by atoms with Gasteiger partial charge in [-0.05, 0) is 13.8 Å². The van der Waals surface area contributed by atoms with Crippen LogP contribution in [0.3, 0.4) is 0 Å². The van der Waals surface area contributed by atoms with E-state index in [-0.39, 0.29) is 12.5 Å². The quantitative estimate of drug-likeness (QED) is 0.818. The van der Waals surface area contributed by atoms with Gasteiger partial charge in [0.05, 0.1) is 16.9 Å². The molecule has 8 heteroatoms. The van der Waals surface area contributed by atoms with Gasteiger partial charge in [-0.3, -0.25) is 19.1 Å². The Kier molecular flexibility index (Phi) is 5.20. The summed E-state index contributed by atoms with van der Waals surface area (Å²) >= 11 is 5.83. The third-order valence-corrected chi connectivity index (χ3v) is 4.59. The monoisotopic (exact) mass is 350 g/mol. The number of carbonyl (C=O) groups is 1. The molecule has 0 bridgehead atoms. The number of aromatic nitrogens is 4. The van der Waals surface area contributed by atoms with Gasteiger partial charge in [-0.25, -0.2) is 0 Å². The number of halogens is 1. The van der Waals surface area contributed by atoms with Crippen molar-refractivity contribution in [2.24, 2.45) is 0 Å². The van der Waals surface area contributed by atoms with Gasteiger partial charge in [-0.15, -0.1) is 0 Å². The van der Waals surface area contributed by atoms with E-state index >= 15 is 0 Å². The van der Waals surface area contributed by atoms with E-state index < -0.39 is 0 Å². The maximum Gasteiger partial charge on any atom is 0.244 e. The molecule has 1 aliphatic heterocycles. The Balaban J connectivity index is 1.50. The van der Waals surface area contributed by atoms with Gasteiger partial charge in [-0.2, -0.15) is 10.2 Å². The van der Waals surface area contributed by atoms with Gasteiger partial charge in [0.1, 0.15) is 6.54 Å². The summed E-state index contributed by atoms with van der Waals surface area (Å²) in [5, 5.41) is 9.10. The molecule has 0 unspecified atom stereocenters. The number of hydrogen-bond donors (Lipinski definition) is 0. The maximum absolute atomic E-state index is 12.3. The molecule has 7 nitrogen and oxygen atoms in total. The Bertz CT molecular complexity index is 701. The Labute approximate surface area is 146 Å². The van der Waals surface area contributed by atoms with Crippen LogP contribution in [-0.4, -0.2) is 61.4 Å². The Hall–Kier alpha value is -1.86. The van der Waals surface area contributed by atoms with Crippen molar-refractivity contribution in [1.82, 2.24) is 29.4 Å². The van der Waals surface area contributed by atoms with Crippen LogP contribution in [0.5, 0.6) is 0 Å². The van der Waals surface area contributed by atoms with Gasteiger partial charge >= 0.3 is 0 Å². The van der Waals surface area contributed by atoms with Gasteiger partial charge in [0, 0.05) is 57.2 Å². The topological polar surface area (TPSA) is 59.2 Å². The summed E-state index contributed by atoms with van der Waals surface area (Å²) in [5.74, 6) is 0.0874. The number of hydrogen-bond acceptors (Lipinski definition) is 4. The first kappa shape index (κ1) is 17.0. The number of piperazine rings is 1. The lowest BCUT2D eigenvalue weighted by Crippen LogP contribution is -2.49. The molecule has 0 aliphatic carbocycles. The fourth-order valence-corrected chi connectivity index (χ4v) is 3.09. The van der Waals surface area contributed by atoms with E-state index in [4.69, 9.17) is 11.6 Å². The first-order chi connectivity index (χ1) is 11.5. The molecule has 0 radical (unpaired) electrons. The highest BCUT2D eigenvalue weighted by Gasteiger charge is 2.22. The molecule has 0 saturated carbocycles. The summed E-state index contributed by atoms with van der Waals surface area (Å²) in [5.41, 5.74) is 2.36. The molecule has 0 atom stereocenters. The molecule has 2 aromatic heterocycles. The van der Waals surface area contributed by atoms with Crippen LogP contribution in [0, 0.1) is 6.92 Å². The zero-order valence-corrected chi connectivity index (χ0v) is 14.9. The Morgan fingerprint density at radius 1 is 1.21 bits per heavy atom. The number of rotatable bonds is 5. The first-order valence-corrected chi connectivity index (χ1v) is 8.64. The fraction of sp³-hybridized carbons (Fsp3) is 0.562. The van der Waals surface area contributed by atoms with E-state index in [1.54, 1.807) is 17.1 Å². The van der Waals surface area contributed by atoms with Crippen molar-refractivity contribution < 1.29 is 4.79 Å². The molecule has 1 saturated heterocycles. The Morgan fingerprint density at radius 2 is 1.96 bits per heavy atom. The van der Waals surface area contributed by atoms with Gasteiger partial charge in [0.2, 0.25) is 5.91 Å². The van der Waals surface area contributed by atoms with Crippen LogP contribution in [0.4, 0.5) is 0 Å². The fourth-order valence-electron chi connectivity index (χ4n) is 2.94. The highest BCUT2D eigenvalue weighted by Crippen LogP contribution is 2.12. The second kappa shape index (κ2) is 7.36. The zero-order chi connectivity index (χ0) is 17.1. The van der Waals surface area contributed by atoms with E-state index in [1.165, 1.54) is 5.56 Å². The second-order valence-electron chi connectivity index (χ2n) is 6.11. The molecule has 1 aliphatic rings. The lowest BCUT2D eigenvalue weighted by molar-refractivity contribution is -0.133. The molecular weight excluding hydrogens is 328 g/mol. The van der Waals surface area contributed by atoms with Gasteiger partial charge < -0.3 is 4.90 Å². The van der Waals surface area contributed by atoms with Crippen LogP contribution in [0.1, 0.15) is 18.2 Å². The van der Waals surface area contributed by atoms with Crippen LogP contribution >= 0.6 is 11.6 Å². The van der Waals surface area contributed by atoms with E-state index in [0.717, 1.165) is 45.0 Å². The molecule has 3 rings (SSSR count). The molecule has 130 valence electrons. The van der Waals surface area contributed by atoms with Gasteiger partial charge in [0.25, 0.3) is 0 Å². The smallest absolute Gasteiger partial charge is 0.244 e. The second-order valence-corrected chi connectivity index (χ2v) is 6.54. The van der Waals surface area contributed by atoms with Crippen molar-refractivity contribution in [1.29, 1.82) is 0 Å². The normalized spacial score (nSPS) is 15.9. The standard InChI is InChI=1S/C16H23ClN6O/c1-3-22-10-14(13(2)19-22)9-20-4-6-21(7-5-20)16(24)12-23-11-15(17)8-18-23/h8,10-11H,3-7,9,12H2,1-2H3. The molecule has 2 aromatic rings. The van der Waals surface area contributed by atoms with E-state index in [2.05, 4.69) is 35.1 Å². The van der Waals surface area contributed by atoms with Crippen molar-refractivity contribution >= 4 is 17.5 Å². The third-order valence-electron chi connectivity index (χ3n) is 4.39. The number of aryl methyl sites for hydroxylation is 2. The summed E-state index contributed by atoms with van der Waals surface area (Å²) in [4.78, 5) is 16.6. The lowest BCUT2D eigenvalue weighted by atomic mass is 10.2. The highest BCUT2D eigenvalue weighted by atomic mass is 35.5. The molecule has 0 aromatic carbocycles. The summed E-state index contributed by atoms with van der Waals surface area (Å²) in [6, 6.07) is 0. The third kappa shape index (κ3) is 3.96. The predicted octanol–water partition coefficient (Wildman–Crippen LogP) is 1.41. The van der Waals surface area contributed by atoms with Crippen molar-refractivity contribution in [3.05, 3.63) is 34.9 Å². The van der Waals surface area contributed by atoms with Crippen LogP contribution in [0.25, 0.3) is 0 Å². The van der Waals surface area contributed by atoms with Crippen molar-refractivity contribution in [2.75, 3.05) is 26.2 Å². The number of amides is 1. The average molecular weight is 351 g/mol. The predicted molar refractivity (Wildman–Crippen MR) is 91.7 cm³/mol. The molecule has 1 amide bonds. The molecule has 0 spiro atoms. The minimum absolute atomic E-state index is 0.0874. The minimum atomic E-state index is 0.0874. The van der Waals surface area contributed by atoms with Crippen molar-refractivity contribution in [3.63, 3.8) is 0 Å². The van der Waals surface area contributed by atoms with E-state index in [1.807, 2.05) is 9.58 Å². The van der Waals surface area contributed by atoms with Crippen LogP contribution in [0.2, 0.25) is 5.02 Å². The molecular formula is C16H23ClN6O. The minimum Gasteiger partial charge on any atom is -0.339 e. The molecule has 24 heavy (non-hydrogen) atoms. The average Bonchev–Trinajstić information content (AvgIpc) is 3.14. The summed E-state index contributed by atoms with van der Waals surface area (Å²) in [6.07, 6.45) is 5.34. The largest absolute Gasteiger partial charge is 0.339 e. The van der Waals surface area contributed by atoms with Crippen molar-refractivity contribution in [3.8, 4) is 0 Å². The highest BCUT2D eigenvalue weighted by molar-refractivity contribution is 6.30. The van der Waals surface area contributed by atoms with Crippen molar-refractivity contribution in [2.45, 2.75) is 33.5 Å². The molecule has 3 heterocycles. The zero-order valence-electron chi connectivity index (χ0n) is 14.2. The lowest BCUT2D eigenvalue weighted by Gasteiger charge is -2.34.